The summed E-state index contributed by atoms with van der Waals surface area (Å²) in [6.45, 7) is 5.07. The van der Waals surface area contributed by atoms with Gasteiger partial charge in [-0.3, -0.25) is 19.1 Å². The number of H-pyrrole nitrogens is 1. The molecule has 9 nitrogen and oxygen atoms in total. The molecule has 26 heavy (non-hydrogen) atoms. The van der Waals surface area contributed by atoms with Gasteiger partial charge in [-0.15, -0.1) is 0 Å². The first-order valence-corrected chi connectivity index (χ1v) is 9.02. The van der Waals surface area contributed by atoms with E-state index in [1.165, 1.54) is 11.7 Å². The topological polar surface area (TPSA) is 122 Å². The van der Waals surface area contributed by atoms with E-state index in [2.05, 4.69) is 15.0 Å². The SMILES string of the molecule is CCCCn1c(N)c(N(CC)C(=S)NCCCC(=O)OC)c(=O)[nH]c1=O. The number of nitrogens with one attached hydrogen (secondary N) is 2. The third-order valence-corrected chi connectivity index (χ3v) is 4.21. The zero-order valence-corrected chi connectivity index (χ0v) is 16.3. The van der Waals surface area contributed by atoms with Crippen LogP contribution >= 0.6 is 12.2 Å². The van der Waals surface area contributed by atoms with Crippen LogP contribution in [0.5, 0.6) is 0 Å². The number of nitrogen functional groups attached to an aromatic ring is 1. The number of aromatic amines is 1. The van der Waals surface area contributed by atoms with E-state index in [0.29, 0.717) is 31.2 Å². The summed E-state index contributed by atoms with van der Waals surface area (Å²) in [4.78, 5) is 39.3. The number of ether oxygens (including phenoxy) is 1. The molecule has 0 aromatic carbocycles. The first kappa shape index (κ1) is 21.7. The Balaban J connectivity index is 2.98. The number of anilines is 2. The number of unbranched alkanes of at least 4 members (excludes halogenated alkanes) is 1. The number of hydrogen-bond acceptors (Lipinski definition) is 6. The largest absolute Gasteiger partial charge is 0.469 e. The van der Waals surface area contributed by atoms with Crippen molar-refractivity contribution in [3.63, 3.8) is 0 Å². The van der Waals surface area contributed by atoms with Crippen LogP contribution in [0.4, 0.5) is 11.5 Å². The minimum atomic E-state index is -0.583. The molecule has 4 N–H and O–H groups in total. The molecule has 146 valence electrons. The lowest BCUT2D eigenvalue weighted by molar-refractivity contribution is -0.140. The van der Waals surface area contributed by atoms with Crippen LogP contribution in [-0.2, 0) is 16.1 Å². The predicted octanol–water partition coefficient (Wildman–Crippen LogP) is 0.573. The van der Waals surface area contributed by atoms with Crippen molar-refractivity contribution < 1.29 is 9.53 Å². The Morgan fingerprint density at radius 2 is 2.04 bits per heavy atom. The minimum Gasteiger partial charge on any atom is -0.469 e. The normalized spacial score (nSPS) is 10.4. The molecule has 0 aliphatic rings. The second kappa shape index (κ2) is 10.6. The molecule has 0 fully saturated rings. The average molecular weight is 385 g/mol. The lowest BCUT2D eigenvalue weighted by atomic mass is 10.3. The fourth-order valence-corrected chi connectivity index (χ4v) is 2.73. The molecule has 0 amide bonds. The monoisotopic (exact) mass is 385 g/mol. The lowest BCUT2D eigenvalue weighted by Crippen LogP contribution is -2.45. The van der Waals surface area contributed by atoms with Crippen LogP contribution in [0.2, 0.25) is 0 Å². The Morgan fingerprint density at radius 1 is 1.35 bits per heavy atom. The predicted molar refractivity (Wildman–Crippen MR) is 106 cm³/mol. The van der Waals surface area contributed by atoms with Crippen LogP contribution in [0.25, 0.3) is 0 Å². The molecule has 1 rings (SSSR count). The molecule has 0 unspecified atom stereocenters. The Bertz CT molecular complexity index is 743. The number of esters is 1. The first-order valence-electron chi connectivity index (χ1n) is 8.62. The Hall–Kier alpha value is -2.36. The highest BCUT2D eigenvalue weighted by molar-refractivity contribution is 7.80. The first-order chi connectivity index (χ1) is 12.4. The van der Waals surface area contributed by atoms with Crippen molar-refractivity contribution in [1.82, 2.24) is 14.9 Å². The number of thiocarbonyl (C=S) groups is 1. The van der Waals surface area contributed by atoms with Gasteiger partial charge in [-0.05, 0) is 32.0 Å². The molecule has 1 aromatic rings. The van der Waals surface area contributed by atoms with Crippen molar-refractivity contribution in [1.29, 1.82) is 0 Å². The van der Waals surface area contributed by atoms with Crippen LogP contribution in [0.15, 0.2) is 9.59 Å². The second-order valence-electron chi connectivity index (χ2n) is 5.65. The van der Waals surface area contributed by atoms with Gasteiger partial charge in [0.15, 0.2) is 10.8 Å². The maximum atomic E-state index is 12.3. The summed E-state index contributed by atoms with van der Waals surface area (Å²) < 4.78 is 5.93. The van der Waals surface area contributed by atoms with Gasteiger partial charge in [-0.2, -0.15) is 0 Å². The van der Waals surface area contributed by atoms with Crippen molar-refractivity contribution in [2.45, 2.75) is 46.1 Å². The van der Waals surface area contributed by atoms with Crippen molar-refractivity contribution in [3.8, 4) is 0 Å². The van der Waals surface area contributed by atoms with E-state index in [1.807, 2.05) is 13.8 Å². The summed E-state index contributed by atoms with van der Waals surface area (Å²) in [7, 11) is 1.34. The minimum absolute atomic E-state index is 0.0905. The number of nitrogens with two attached hydrogens (primary N) is 1. The molecule has 0 atom stereocenters. The molecule has 0 spiro atoms. The van der Waals surface area contributed by atoms with Gasteiger partial charge in [-0.1, -0.05) is 13.3 Å². The molecule has 0 bridgehead atoms. The number of rotatable bonds is 9. The molecule has 0 aliphatic heterocycles. The maximum Gasteiger partial charge on any atom is 0.330 e. The Morgan fingerprint density at radius 3 is 2.62 bits per heavy atom. The van der Waals surface area contributed by atoms with Gasteiger partial charge in [0, 0.05) is 26.1 Å². The van der Waals surface area contributed by atoms with Crippen molar-refractivity contribution >= 4 is 34.8 Å². The fourth-order valence-electron chi connectivity index (χ4n) is 2.41. The average Bonchev–Trinajstić information content (AvgIpc) is 2.61. The van der Waals surface area contributed by atoms with Crippen LogP contribution in [0.1, 0.15) is 39.5 Å². The number of hydrogen-bond donors (Lipinski definition) is 3. The molecule has 1 heterocycles. The van der Waals surface area contributed by atoms with Crippen LogP contribution in [-0.4, -0.2) is 40.8 Å². The Kier molecular flexibility index (Phi) is 8.83. The summed E-state index contributed by atoms with van der Waals surface area (Å²) in [5.74, 6) is -0.207. The van der Waals surface area contributed by atoms with E-state index in [4.69, 9.17) is 18.0 Å². The highest BCUT2D eigenvalue weighted by Gasteiger charge is 2.20. The summed E-state index contributed by atoms with van der Waals surface area (Å²) in [5.41, 5.74) is 5.14. The summed E-state index contributed by atoms with van der Waals surface area (Å²) >= 11 is 5.35. The zero-order chi connectivity index (χ0) is 19.7. The fraction of sp³-hybridized carbons (Fsp3) is 0.625. The summed E-state index contributed by atoms with van der Waals surface area (Å²) in [6.07, 6.45) is 2.45. The molecule has 0 aliphatic carbocycles. The van der Waals surface area contributed by atoms with E-state index < -0.39 is 11.2 Å². The van der Waals surface area contributed by atoms with E-state index >= 15 is 0 Å². The van der Waals surface area contributed by atoms with Gasteiger partial charge in [0.2, 0.25) is 0 Å². The molecule has 10 heteroatoms. The highest BCUT2D eigenvalue weighted by atomic mass is 32.1. The van der Waals surface area contributed by atoms with Crippen molar-refractivity contribution in [2.75, 3.05) is 30.8 Å². The van der Waals surface area contributed by atoms with Gasteiger partial charge in [0.25, 0.3) is 5.56 Å². The number of carbonyl (C=O) groups excluding carboxylic acids is 1. The number of nitrogens with zero attached hydrogens (tertiary/aromatic N) is 2. The van der Waals surface area contributed by atoms with Gasteiger partial charge >= 0.3 is 11.7 Å². The molecule has 0 radical (unpaired) electrons. The third-order valence-electron chi connectivity index (χ3n) is 3.84. The quantitative estimate of drug-likeness (QED) is 0.320. The van der Waals surface area contributed by atoms with Crippen LogP contribution < -0.4 is 27.2 Å². The van der Waals surface area contributed by atoms with E-state index in [0.717, 1.165) is 12.8 Å². The van der Waals surface area contributed by atoms with E-state index in [9.17, 15) is 14.4 Å². The molecule has 1 aromatic heterocycles. The number of carbonyl (C=O) groups is 1. The van der Waals surface area contributed by atoms with E-state index in [-0.39, 0.29) is 23.9 Å². The smallest absolute Gasteiger partial charge is 0.330 e. The second-order valence-corrected chi connectivity index (χ2v) is 6.04. The lowest BCUT2D eigenvalue weighted by Gasteiger charge is -2.25. The Labute approximate surface area is 157 Å². The molecule has 0 saturated carbocycles. The van der Waals surface area contributed by atoms with Crippen LogP contribution in [0, 0.1) is 0 Å². The van der Waals surface area contributed by atoms with Gasteiger partial charge in [0.05, 0.1) is 7.11 Å². The molecular weight excluding hydrogens is 358 g/mol. The van der Waals surface area contributed by atoms with Gasteiger partial charge in [0.1, 0.15) is 5.82 Å². The van der Waals surface area contributed by atoms with Crippen LogP contribution in [0.3, 0.4) is 0 Å². The van der Waals surface area contributed by atoms with Crippen molar-refractivity contribution in [2.24, 2.45) is 0 Å². The zero-order valence-electron chi connectivity index (χ0n) is 15.5. The standard InChI is InChI=1S/C16H27N5O4S/c1-4-6-10-21-13(17)12(14(23)19-15(21)24)20(5-2)16(26)18-9-7-8-11(22)25-3/h4-10,17H2,1-3H3,(H,18,26)(H,19,23,24). The molecule has 0 saturated heterocycles. The number of methoxy groups -OCH3 is 1. The van der Waals surface area contributed by atoms with Gasteiger partial charge in [-0.25, -0.2) is 4.79 Å². The van der Waals surface area contributed by atoms with Crippen molar-refractivity contribution in [3.05, 3.63) is 20.8 Å². The summed E-state index contributed by atoms with van der Waals surface area (Å²) in [6, 6.07) is 0. The summed E-state index contributed by atoms with van der Waals surface area (Å²) in [5, 5.41) is 3.30. The van der Waals surface area contributed by atoms with Gasteiger partial charge < -0.3 is 20.7 Å². The number of aromatic nitrogens is 2. The van der Waals surface area contributed by atoms with E-state index in [1.54, 1.807) is 4.90 Å². The highest BCUT2D eigenvalue weighted by Crippen LogP contribution is 2.17. The maximum absolute atomic E-state index is 12.3. The molecular formula is C16H27N5O4S. The third kappa shape index (κ3) is 5.58.